The van der Waals surface area contributed by atoms with Crippen LogP contribution >= 0.6 is 0 Å². The van der Waals surface area contributed by atoms with Crippen molar-refractivity contribution in [3.8, 4) is 11.6 Å². The Balaban J connectivity index is 1.74. The number of benzene rings is 1. The standard InChI is InChI=1S/C18H13F2N3O2/c19-14-5-6-16(15(20)9-14)25-18-13(4-2-8-22-18)11-23-17(24)12-3-1-7-21-10-12/h1-10H,11H2,(H,23,24). The Kier molecular flexibility index (Phi) is 4.94. The van der Waals surface area contributed by atoms with Gasteiger partial charge in [-0.05, 0) is 30.3 Å². The highest BCUT2D eigenvalue weighted by atomic mass is 19.1. The molecule has 5 nitrogen and oxygen atoms in total. The zero-order valence-corrected chi connectivity index (χ0v) is 12.9. The number of rotatable bonds is 5. The molecule has 1 aromatic carbocycles. The lowest BCUT2D eigenvalue weighted by atomic mass is 10.2. The van der Waals surface area contributed by atoms with Crippen molar-refractivity contribution in [2.45, 2.75) is 6.54 Å². The first kappa shape index (κ1) is 16.5. The summed E-state index contributed by atoms with van der Waals surface area (Å²) in [5.74, 6) is -1.87. The minimum absolute atomic E-state index is 0.125. The molecule has 0 saturated carbocycles. The fraction of sp³-hybridized carbons (Fsp3) is 0.0556. The van der Waals surface area contributed by atoms with Crippen LogP contribution in [-0.4, -0.2) is 15.9 Å². The van der Waals surface area contributed by atoms with Gasteiger partial charge in [0.25, 0.3) is 5.91 Å². The summed E-state index contributed by atoms with van der Waals surface area (Å²) >= 11 is 0. The summed E-state index contributed by atoms with van der Waals surface area (Å²) in [7, 11) is 0. The molecule has 0 unspecified atom stereocenters. The number of nitrogens with zero attached hydrogens (tertiary/aromatic N) is 2. The molecule has 0 aliphatic carbocycles. The van der Waals surface area contributed by atoms with Gasteiger partial charge in [0.05, 0.1) is 5.56 Å². The number of carbonyl (C=O) groups is 1. The SMILES string of the molecule is O=C(NCc1cccnc1Oc1ccc(F)cc1F)c1cccnc1. The Morgan fingerprint density at radius 3 is 2.72 bits per heavy atom. The van der Waals surface area contributed by atoms with Crippen molar-refractivity contribution in [3.05, 3.63) is 83.8 Å². The number of carbonyl (C=O) groups excluding carboxylic acids is 1. The van der Waals surface area contributed by atoms with Gasteiger partial charge in [-0.25, -0.2) is 13.8 Å². The van der Waals surface area contributed by atoms with Crippen LogP contribution < -0.4 is 10.1 Å². The van der Waals surface area contributed by atoms with E-state index in [4.69, 9.17) is 4.74 Å². The highest BCUT2D eigenvalue weighted by Gasteiger charge is 2.12. The maximum atomic E-state index is 13.7. The van der Waals surface area contributed by atoms with Crippen molar-refractivity contribution >= 4 is 5.91 Å². The summed E-state index contributed by atoms with van der Waals surface area (Å²) in [4.78, 5) is 20.0. The average molecular weight is 341 g/mol. The molecule has 7 heteroatoms. The molecule has 3 aromatic rings. The largest absolute Gasteiger partial charge is 0.436 e. The van der Waals surface area contributed by atoms with Crippen LogP contribution in [0.4, 0.5) is 8.78 Å². The van der Waals surface area contributed by atoms with E-state index in [9.17, 15) is 13.6 Å². The number of ether oxygens (including phenoxy) is 1. The van der Waals surface area contributed by atoms with Crippen LogP contribution in [0.1, 0.15) is 15.9 Å². The average Bonchev–Trinajstić information content (AvgIpc) is 2.63. The van der Waals surface area contributed by atoms with E-state index in [-0.39, 0.29) is 24.1 Å². The van der Waals surface area contributed by atoms with Crippen molar-refractivity contribution in [1.82, 2.24) is 15.3 Å². The van der Waals surface area contributed by atoms with Crippen LogP contribution in [0.25, 0.3) is 0 Å². The smallest absolute Gasteiger partial charge is 0.253 e. The van der Waals surface area contributed by atoms with Crippen LogP contribution in [-0.2, 0) is 6.54 Å². The molecule has 1 N–H and O–H groups in total. The van der Waals surface area contributed by atoms with Gasteiger partial charge in [-0.15, -0.1) is 0 Å². The first-order valence-corrected chi connectivity index (χ1v) is 7.38. The molecule has 0 fully saturated rings. The molecule has 25 heavy (non-hydrogen) atoms. The lowest BCUT2D eigenvalue weighted by Gasteiger charge is -2.11. The lowest BCUT2D eigenvalue weighted by molar-refractivity contribution is 0.0950. The molecule has 3 rings (SSSR count). The maximum Gasteiger partial charge on any atom is 0.253 e. The summed E-state index contributed by atoms with van der Waals surface area (Å²) in [6.07, 6.45) is 4.49. The van der Waals surface area contributed by atoms with Gasteiger partial charge >= 0.3 is 0 Å². The van der Waals surface area contributed by atoms with Gasteiger partial charge in [0, 0.05) is 36.8 Å². The normalized spacial score (nSPS) is 10.3. The second-order valence-corrected chi connectivity index (χ2v) is 5.07. The molecule has 0 aliphatic heterocycles. The van der Waals surface area contributed by atoms with E-state index in [1.165, 1.54) is 18.5 Å². The molecule has 0 saturated heterocycles. The van der Waals surface area contributed by atoms with E-state index >= 15 is 0 Å². The van der Waals surface area contributed by atoms with Crippen molar-refractivity contribution < 1.29 is 18.3 Å². The Hall–Kier alpha value is -3.35. The third-order valence-electron chi connectivity index (χ3n) is 3.31. The van der Waals surface area contributed by atoms with Crippen LogP contribution in [0.3, 0.4) is 0 Å². The fourth-order valence-corrected chi connectivity index (χ4v) is 2.09. The second-order valence-electron chi connectivity index (χ2n) is 5.07. The number of halogens is 2. The molecule has 0 spiro atoms. The van der Waals surface area contributed by atoms with Crippen molar-refractivity contribution in [3.63, 3.8) is 0 Å². The summed E-state index contributed by atoms with van der Waals surface area (Å²) < 4.78 is 32.1. The van der Waals surface area contributed by atoms with Crippen LogP contribution in [0.2, 0.25) is 0 Å². The first-order chi connectivity index (χ1) is 12.1. The molecule has 0 aliphatic rings. The molecular weight excluding hydrogens is 328 g/mol. The quantitative estimate of drug-likeness (QED) is 0.772. The molecule has 0 atom stereocenters. The van der Waals surface area contributed by atoms with E-state index in [0.29, 0.717) is 11.1 Å². The Labute approximate surface area is 142 Å². The lowest BCUT2D eigenvalue weighted by Crippen LogP contribution is -2.23. The number of hydrogen-bond donors (Lipinski definition) is 1. The fourth-order valence-electron chi connectivity index (χ4n) is 2.09. The molecular formula is C18H13F2N3O2. The van der Waals surface area contributed by atoms with Gasteiger partial charge in [-0.3, -0.25) is 9.78 Å². The third kappa shape index (κ3) is 4.14. The molecule has 1 amide bonds. The Morgan fingerprint density at radius 2 is 1.96 bits per heavy atom. The molecule has 2 aromatic heterocycles. The Bertz CT molecular complexity index is 888. The molecule has 0 bridgehead atoms. The predicted octanol–water partition coefficient (Wildman–Crippen LogP) is 3.48. The minimum atomic E-state index is -0.837. The number of amides is 1. The number of pyridine rings is 2. The number of nitrogens with one attached hydrogen (secondary N) is 1. The van der Waals surface area contributed by atoms with Gasteiger partial charge in [-0.2, -0.15) is 0 Å². The highest BCUT2D eigenvalue weighted by molar-refractivity contribution is 5.93. The van der Waals surface area contributed by atoms with Gasteiger partial charge in [-0.1, -0.05) is 6.07 Å². The van der Waals surface area contributed by atoms with Gasteiger partial charge in [0.2, 0.25) is 5.88 Å². The molecule has 2 heterocycles. The molecule has 126 valence electrons. The van der Waals surface area contributed by atoms with Crippen LogP contribution in [0.5, 0.6) is 11.6 Å². The predicted molar refractivity (Wildman–Crippen MR) is 86.1 cm³/mol. The van der Waals surface area contributed by atoms with E-state index < -0.39 is 11.6 Å². The number of hydrogen-bond acceptors (Lipinski definition) is 4. The van der Waals surface area contributed by atoms with Crippen molar-refractivity contribution in [1.29, 1.82) is 0 Å². The topological polar surface area (TPSA) is 64.1 Å². The minimum Gasteiger partial charge on any atom is -0.436 e. The van der Waals surface area contributed by atoms with Crippen molar-refractivity contribution in [2.75, 3.05) is 0 Å². The van der Waals surface area contributed by atoms with Gasteiger partial charge < -0.3 is 10.1 Å². The first-order valence-electron chi connectivity index (χ1n) is 7.38. The van der Waals surface area contributed by atoms with Gasteiger partial charge in [0.15, 0.2) is 11.6 Å². The third-order valence-corrected chi connectivity index (χ3v) is 3.31. The summed E-state index contributed by atoms with van der Waals surface area (Å²) in [5.41, 5.74) is 0.960. The summed E-state index contributed by atoms with van der Waals surface area (Å²) in [6, 6.07) is 9.64. The van der Waals surface area contributed by atoms with Gasteiger partial charge in [0.1, 0.15) is 5.82 Å². The van der Waals surface area contributed by atoms with E-state index in [1.807, 2.05) is 0 Å². The maximum absolute atomic E-state index is 13.7. The Morgan fingerprint density at radius 1 is 1.12 bits per heavy atom. The van der Waals surface area contributed by atoms with Crippen LogP contribution in [0, 0.1) is 11.6 Å². The number of aromatic nitrogens is 2. The van der Waals surface area contributed by atoms with Crippen LogP contribution in [0.15, 0.2) is 61.1 Å². The van der Waals surface area contributed by atoms with E-state index in [2.05, 4.69) is 15.3 Å². The zero-order chi connectivity index (χ0) is 17.6. The second kappa shape index (κ2) is 7.48. The highest BCUT2D eigenvalue weighted by Crippen LogP contribution is 2.26. The summed E-state index contributed by atoms with van der Waals surface area (Å²) in [5, 5.41) is 2.71. The van der Waals surface area contributed by atoms with E-state index in [1.54, 1.807) is 30.5 Å². The monoisotopic (exact) mass is 341 g/mol. The molecule has 0 radical (unpaired) electrons. The van der Waals surface area contributed by atoms with Crippen molar-refractivity contribution in [2.24, 2.45) is 0 Å². The van der Waals surface area contributed by atoms with E-state index in [0.717, 1.165) is 12.1 Å². The zero-order valence-electron chi connectivity index (χ0n) is 12.9. The summed E-state index contributed by atoms with van der Waals surface area (Å²) in [6.45, 7) is 0.125.